The molecule has 0 bridgehead atoms. The lowest BCUT2D eigenvalue weighted by Crippen LogP contribution is -2.10. The summed E-state index contributed by atoms with van der Waals surface area (Å²) in [6.45, 7) is 3.49. The van der Waals surface area contributed by atoms with Gasteiger partial charge >= 0.3 is 0 Å². The molecule has 0 radical (unpaired) electrons. The number of hydrogen-bond acceptors (Lipinski definition) is 3. The number of nitrogens with two attached hydrogens (primary N) is 1. The quantitative estimate of drug-likeness (QED) is 0.635. The largest absolute Gasteiger partial charge is 0.366 e. The van der Waals surface area contributed by atoms with E-state index in [4.69, 9.17) is 5.73 Å². The fraction of sp³-hybridized carbons (Fsp3) is 0. The number of amides is 1. The van der Waals surface area contributed by atoms with E-state index in [0.717, 1.165) is 4.88 Å². The first kappa shape index (κ1) is 6.95. The van der Waals surface area contributed by atoms with Crippen molar-refractivity contribution in [2.75, 3.05) is 0 Å². The summed E-state index contributed by atoms with van der Waals surface area (Å²) in [5.74, 6) is -0.496. The number of rotatable bonds is 2. The van der Waals surface area contributed by atoms with Gasteiger partial charge in [0.05, 0.1) is 16.0 Å². The zero-order chi connectivity index (χ0) is 7.56. The van der Waals surface area contributed by atoms with Crippen LogP contribution in [0.25, 0.3) is 5.57 Å². The van der Waals surface area contributed by atoms with Gasteiger partial charge in [0, 0.05) is 6.20 Å². The zero-order valence-corrected chi connectivity index (χ0v) is 6.02. The van der Waals surface area contributed by atoms with Crippen LogP contribution in [0.4, 0.5) is 0 Å². The van der Waals surface area contributed by atoms with Crippen molar-refractivity contribution in [1.82, 2.24) is 4.98 Å². The predicted octanol–water partition coefficient (Wildman–Crippen LogP) is 0.642. The number of thiazole rings is 1. The third-order valence-corrected chi connectivity index (χ3v) is 1.86. The first-order chi connectivity index (χ1) is 4.72. The molecule has 1 aromatic heterocycles. The summed E-state index contributed by atoms with van der Waals surface area (Å²) in [6, 6.07) is 0. The molecule has 0 atom stereocenters. The molecule has 0 unspecified atom stereocenters. The van der Waals surface area contributed by atoms with E-state index in [1.54, 1.807) is 11.7 Å². The summed E-state index contributed by atoms with van der Waals surface area (Å²) in [5.41, 5.74) is 6.92. The molecule has 0 saturated carbocycles. The molecule has 4 heteroatoms. The lowest BCUT2D eigenvalue weighted by Gasteiger charge is -1.91. The van der Waals surface area contributed by atoms with Crippen molar-refractivity contribution >= 4 is 22.8 Å². The Labute approximate surface area is 62.2 Å². The SMILES string of the molecule is C=C(C(N)=O)c1cncs1. The lowest BCUT2D eigenvalue weighted by molar-refractivity contribution is -0.112. The monoisotopic (exact) mass is 154 g/mol. The highest BCUT2D eigenvalue weighted by atomic mass is 32.1. The summed E-state index contributed by atoms with van der Waals surface area (Å²) in [6.07, 6.45) is 1.57. The van der Waals surface area contributed by atoms with Gasteiger partial charge < -0.3 is 5.73 Å². The third-order valence-electron chi connectivity index (χ3n) is 1.03. The van der Waals surface area contributed by atoms with Crippen LogP contribution in [0.3, 0.4) is 0 Å². The molecule has 0 spiro atoms. The Balaban J connectivity index is 2.88. The second-order valence-electron chi connectivity index (χ2n) is 1.71. The fourth-order valence-electron chi connectivity index (χ4n) is 0.486. The minimum absolute atomic E-state index is 0.322. The van der Waals surface area contributed by atoms with E-state index in [1.165, 1.54) is 11.3 Å². The summed E-state index contributed by atoms with van der Waals surface area (Å²) >= 11 is 1.35. The molecule has 0 saturated heterocycles. The van der Waals surface area contributed by atoms with Crippen molar-refractivity contribution in [1.29, 1.82) is 0 Å². The topological polar surface area (TPSA) is 56.0 Å². The highest BCUT2D eigenvalue weighted by molar-refractivity contribution is 7.11. The predicted molar refractivity (Wildman–Crippen MR) is 40.3 cm³/mol. The van der Waals surface area contributed by atoms with Gasteiger partial charge in [0.15, 0.2) is 0 Å². The maximum absolute atomic E-state index is 10.5. The highest BCUT2D eigenvalue weighted by Gasteiger charge is 2.04. The van der Waals surface area contributed by atoms with Gasteiger partial charge in [0.1, 0.15) is 0 Å². The molecule has 1 rings (SSSR count). The summed E-state index contributed by atoms with van der Waals surface area (Å²) in [4.78, 5) is 15.0. The Morgan fingerprint density at radius 1 is 1.80 bits per heavy atom. The van der Waals surface area contributed by atoms with E-state index in [0.29, 0.717) is 5.57 Å². The van der Waals surface area contributed by atoms with E-state index in [9.17, 15) is 4.79 Å². The third kappa shape index (κ3) is 1.22. The molecule has 1 heterocycles. The minimum atomic E-state index is -0.496. The van der Waals surface area contributed by atoms with E-state index in [1.807, 2.05) is 0 Å². The molecule has 0 aliphatic heterocycles. The van der Waals surface area contributed by atoms with Gasteiger partial charge in [-0.3, -0.25) is 9.78 Å². The second-order valence-corrected chi connectivity index (χ2v) is 2.59. The maximum atomic E-state index is 10.5. The van der Waals surface area contributed by atoms with Gasteiger partial charge in [-0.05, 0) is 0 Å². The molecule has 0 aliphatic carbocycles. The summed E-state index contributed by atoms with van der Waals surface area (Å²) in [7, 11) is 0. The van der Waals surface area contributed by atoms with Crippen LogP contribution >= 0.6 is 11.3 Å². The first-order valence-electron chi connectivity index (χ1n) is 2.59. The Kier molecular flexibility index (Phi) is 1.82. The summed E-state index contributed by atoms with van der Waals surface area (Å²) < 4.78 is 0. The zero-order valence-electron chi connectivity index (χ0n) is 5.20. The molecule has 2 N–H and O–H groups in total. The van der Waals surface area contributed by atoms with Crippen LogP contribution in [-0.2, 0) is 4.79 Å². The normalized spacial score (nSPS) is 9.20. The molecular formula is C6H6N2OS. The number of primary amides is 1. The Morgan fingerprint density at radius 2 is 2.50 bits per heavy atom. The highest BCUT2D eigenvalue weighted by Crippen LogP contribution is 2.15. The number of carbonyl (C=O) groups excluding carboxylic acids is 1. The van der Waals surface area contributed by atoms with E-state index < -0.39 is 5.91 Å². The van der Waals surface area contributed by atoms with Crippen LogP contribution in [-0.4, -0.2) is 10.9 Å². The maximum Gasteiger partial charge on any atom is 0.249 e. The molecule has 3 nitrogen and oxygen atoms in total. The molecule has 0 aromatic carbocycles. The van der Waals surface area contributed by atoms with E-state index in [2.05, 4.69) is 11.6 Å². The van der Waals surface area contributed by atoms with Gasteiger partial charge in [-0.25, -0.2) is 0 Å². The van der Waals surface area contributed by atoms with Crippen LogP contribution in [0, 0.1) is 0 Å². The van der Waals surface area contributed by atoms with Gasteiger partial charge in [-0.2, -0.15) is 0 Å². The smallest absolute Gasteiger partial charge is 0.249 e. The standard InChI is InChI=1S/C6H6N2OS/c1-4(6(7)9)5-2-8-3-10-5/h2-3H,1H2,(H2,7,9). The number of aromatic nitrogens is 1. The molecule has 52 valence electrons. The Bertz CT molecular complexity index is 253. The minimum Gasteiger partial charge on any atom is -0.366 e. The van der Waals surface area contributed by atoms with Crippen molar-refractivity contribution < 1.29 is 4.79 Å². The van der Waals surface area contributed by atoms with Crippen molar-refractivity contribution in [2.45, 2.75) is 0 Å². The molecular weight excluding hydrogens is 148 g/mol. The second kappa shape index (κ2) is 2.62. The lowest BCUT2D eigenvalue weighted by atomic mass is 10.3. The molecule has 10 heavy (non-hydrogen) atoms. The fourth-order valence-corrected chi connectivity index (χ4v) is 1.09. The number of carbonyl (C=O) groups is 1. The molecule has 1 amide bonds. The van der Waals surface area contributed by atoms with Crippen molar-refractivity contribution in [3.8, 4) is 0 Å². The van der Waals surface area contributed by atoms with Crippen LogP contribution in [0.2, 0.25) is 0 Å². The van der Waals surface area contributed by atoms with Crippen LogP contribution < -0.4 is 5.73 Å². The number of hydrogen-bond donors (Lipinski definition) is 1. The first-order valence-corrected chi connectivity index (χ1v) is 3.47. The number of nitrogens with zero attached hydrogens (tertiary/aromatic N) is 1. The Hall–Kier alpha value is -1.16. The van der Waals surface area contributed by atoms with Gasteiger partial charge in [-0.15, -0.1) is 11.3 Å². The van der Waals surface area contributed by atoms with E-state index >= 15 is 0 Å². The molecule has 0 fully saturated rings. The van der Waals surface area contributed by atoms with Crippen LogP contribution in [0.5, 0.6) is 0 Å². The van der Waals surface area contributed by atoms with Crippen molar-refractivity contribution in [2.24, 2.45) is 5.73 Å². The van der Waals surface area contributed by atoms with Gasteiger partial charge in [0.25, 0.3) is 0 Å². The average molecular weight is 154 g/mol. The van der Waals surface area contributed by atoms with Crippen LogP contribution in [0.15, 0.2) is 18.3 Å². The molecule has 1 aromatic rings. The molecule has 0 aliphatic rings. The van der Waals surface area contributed by atoms with Crippen LogP contribution in [0.1, 0.15) is 4.88 Å². The van der Waals surface area contributed by atoms with Crippen molar-refractivity contribution in [3.05, 3.63) is 23.2 Å². The van der Waals surface area contributed by atoms with Gasteiger partial charge in [0.2, 0.25) is 5.91 Å². The average Bonchev–Trinajstić information content (AvgIpc) is 2.36. The van der Waals surface area contributed by atoms with E-state index in [-0.39, 0.29) is 0 Å². The Morgan fingerprint density at radius 3 is 2.90 bits per heavy atom. The van der Waals surface area contributed by atoms with Crippen molar-refractivity contribution in [3.63, 3.8) is 0 Å². The summed E-state index contributed by atoms with van der Waals surface area (Å²) in [5, 5.41) is 0. The van der Waals surface area contributed by atoms with Gasteiger partial charge in [-0.1, -0.05) is 6.58 Å².